The second-order valence-electron chi connectivity index (χ2n) is 5.84. The summed E-state index contributed by atoms with van der Waals surface area (Å²) in [6.45, 7) is 0.550. The molecule has 0 aliphatic heterocycles. The number of benzene rings is 1. The molecule has 0 atom stereocenters. The average Bonchev–Trinajstić information content (AvgIpc) is 3.28. The Morgan fingerprint density at radius 2 is 2.24 bits per heavy atom. The van der Waals surface area contributed by atoms with E-state index in [1.54, 1.807) is 18.4 Å². The van der Waals surface area contributed by atoms with Crippen LogP contribution in [0.4, 0.5) is 0 Å². The summed E-state index contributed by atoms with van der Waals surface area (Å²) in [6.07, 6.45) is 4.69. The molecule has 0 spiro atoms. The number of thiazole rings is 1. The third kappa shape index (κ3) is 2.87. The molecule has 6 nitrogen and oxygen atoms in total. The molecule has 0 aliphatic rings. The smallest absolute Gasteiger partial charge is 0.267 e. The van der Waals surface area contributed by atoms with Crippen LogP contribution in [0.15, 0.2) is 42.0 Å². The van der Waals surface area contributed by atoms with Gasteiger partial charge in [-0.05, 0) is 24.3 Å². The number of aryl methyl sites for hydroxylation is 1. The van der Waals surface area contributed by atoms with Crippen molar-refractivity contribution in [2.24, 2.45) is 7.05 Å². The first kappa shape index (κ1) is 15.7. The van der Waals surface area contributed by atoms with E-state index in [4.69, 9.17) is 4.74 Å². The van der Waals surface area contributed by atoms with Crippen molar-refractivity contribution in [3.8, 4) is 5.75 Å². The van der Waals surface area contributed by atoms with Crippen molar-refractivity contribution in [2.75, 3.05) is 13.7 Å². The number of hydrogen-bond donors (Lipinski definition) is 1. The maximum atomic E-state index is 12.5. The standard InChI is InChI=1S/C18H18N4O2S/c1-21-15-4-3-14(24-2)9-12(15)10-16(21)17(23)19-6-5-13-11-22-7-8-25-18(22)20-13/h3-4,7-11H,5-6H2,1-2H3,(H,19,23). The van der Waals surface area contributed by atoms with E-state index in [1.165, 1.54) is 0 Å². The Morgan fingerprint density at radius 3 is 3.04 bits per heavy atom. The number of amides is 1. The maximum absolute atomic E-state index is 12.5. The van der Waals surface area contributed by atoms with Crippen molar-refractivity contribution in [3.05, 3.63) is 53.4 Å². The fourth-order valence-corrected chi connectivity index (χ4v) is 3.68. The van der Waals surface area contributed by atoms with Crippen LogP contribution in [0.5, 0.6) is 5.75 Å². The van der Waals surface area contributed by atoms with Gasteiger partial charge in [0, 0.05) is 48.7 Å². The molecule has 0 saturated heterocycles. The minimum atomic E-state index is -0.0845. The Labute approximate surface area is 148 Å². The van der Waals surface area contributed by atoms with E-state index in [1.807, 2.05) is 58.1 Å². The molecule has 0 saturated carbocycles. The van der Waals surface area contributed by atoms with Gasteiger partial charge in [0.15, 0.2) is 4.96 Å². The van der Waals surface area contributed by atoms with E-state index in [0.29, 0.717) is 18.7 Å². The zero-order chi connectivity index (χ0) is 17.4. The number of methoxy groups -OCH3 is 1. The highest BCUT2D eigenvalue weighted by Gasteiger charge is 2.13. The lowest BCUT2D eigenvalue weighted by molar-refractivity contribution is 0.0946. The van der Waals surface area contributed by atoms with Gasteiger partial charge in [0.05, 0.1) is 12.8 Å². The summed E-state index contributed by atoms with van der Waals surface area (Å²) < 4.78 is 9.14. The lowest BCUT2D eigenvalue weighted by Gasteiger charge is -2.06. The molecule has 3 heterocycles. The highest BCUT2D eigenvalue weighted by Crippen LogP contribution is 2.23. The van der Waals surface area contributed by atoms with Crippen LogP contribution in [-0.4, -0.2) is 33.5 Å². The van der Waals surface area contributed by atoms with Crippen LogP contribution < -0.4 is 10.1 Å². The van der Waals surface area contributed by atoms with E-state index < -0.39 is 0 Å². The highest BCUT2D eigenvalue weighted by molar-refractivity contribution is 7.15. The number of nitrogens with zero attached hydrogens (tertiary/aromatic N) is 3. The first-order chi connectivity index (χ1) is 12.2. The van der Waals surface area contributed by atoms with Crippen LogP contribution in [0.2, 0.25) is 0 Å². The van der Waals surface area contributed by atoms with Gasteiger partial charge in [-0.2, -0.15) is 0 Å². The summed E-state index contributed by atoms with van der Waals surface area (Å²) in [5.41, 5.74) is 2.61. The molecule has 128 valence electrons. The van der Waals surface area contributed by atoms with Gasteiger partial charge < -0.3 is 14.6 Å². The van der Waals surface area contributed by atoms with Crippen LogP contribution in [0.1, 0.15) is 16.2 Å². The molecule has 0 aliphatic carbocycles. The predicted octanol–water partition coefficient (Wildman–Crippen LogP) is 2.87. The van der Waals surface area contributed by atoms with E-state index in [9.17, 15) is 4.79 Å². The summed E-state index contributed by atoms with van der Waals surface area (Å²) >= 11 is 1.60. The molecule has 4 rings (SSSR count). The predicted molar refractivity (Wildman–Crippen MR) is 98.6 cm³/mol. The SMILES string of the molecule is COc1ccc2c(c1)cc(C(=O)NCCc1cn3ccsc3n1)n2C. The van der Waals surface area contributed by atoms with Crippen molar-refractivity contribution >= 4 is 33.1 Å². The van der Waals surface area contributed by atoms with Crippen LogP contribution in [0.25, 0.3) is 15.9 Å². The van der Waals surface area contributed by atoms with Gasteiger partial charge in [-0.25, -0.2) is 4.98 Å². The first-order valence-corrected chi connectivity index (χ1v) is 8.86. The molecule has 1 aromatic carbocycles. The summed E-state index contributed by atoms with van der Waals surface area (Å²) in [5.74, 6) is 0.698. The number of nitrogens with one attached hydrogen (secondary N) is 1. The third-order valence-corrected chi connectivity index (χ3v) is 5.06. The Balaban J connectivity index is 1.46. The quantitative estimate of drug-likeness (QED) is 0.599. The number of aromatic nitrogens is 3. The molecule has 0 bridgehead atoms. The van der Waals surface area contributed by atoms with E-state index >= 15 is 0 Å². The van der Waals surface area contributed by atoms with Crippen LogP contribution >= 0.6 is 11.3 Å². The highest BCUT2D eigenvalue weighted by atomic mass is 32.1. The van der Waals surface area contributed by atoms with Crippen molar-refractivity contribution in [2.45, 2.75) is 6.42 Å². The Kier molecular flexibility index (Phi) is 3.93. The number of fused-ring (bicyclic) bond motifs is 2. The van der Waals surface area contributed by atoms with Gasteiger partial charge in [-0.15, -0.1) is 11.3 Å². The number of carbonyl (C=O) groups excluding carboxylic acids is 1. The number of imidazole rings is 1. The van der Waals surface area contributed by atoms with Gasteiger partial charge >= 0.3 is 0 Å². The van der Waals surface area contributed by atoms with Gasteiger partial charge in [0.1, 0.15) is 11.4 Å². The zero-order valence-electron chi connectivity index (χ0n) is 14.0. The van der Waals surface area contributed by atoms with Crippen LogP contribution in [-0.2, 0) is 13.5 Å². The zero-order valence-corrected chi connectivity index (χ0v) is 14.8. The van der Waals surface area contributed by atoms with Gasteiger partial charge in [-0.1, -0.05) is 0 Å². The molecule has 0 unspecified atom stereocenters. The van der Waals surface area contributed by atoms with Crippen molar-refractivity contribution in [1.29, 1.82) is 0 Å². The second-order valence-corrected chi connectivity index (χ2v) is 6.72. The topological polar surface area (TPSA) is 60.6 Å². The molecule has 0 radical (unpaired) electrons. The summed E-state index contributed by atoms with van der Waals surface area (Å²) in [4.78, 5) is 18.0. The maximum Gasteiger partial charge on any atom is 0.267 e. The largest absolute Gasteiger partial charge is 0.497 e. The molecule has 7 heteroatoms. The molecular formula is C18H18N4O2S. The second kappa shape index (κ2) is 6.25. The summed E-state index contributed by atoms with van der Waals surface area (Å²) in [7, 11) is 3.53. The number of hydrogen-bond acceptors (Lipinski definition) is 4. The van der Waals surface area contributed by atoms with Crippen molar-refractivity contribution in [3.63, 3.8) is 0 Å². The first-order valence-electron chi connectivity index (χ1n) is 7.98. The molecule has 1 N–H and O–H groups in total. The van der Waals surface area contributed by atoms with Gasteiger partial charge in [0.2, 0.25) is 0 Å². The normalized spacial score (nSPS) is 11.3. The Morgan fingerprint density at radius 1 is 1.36 bits per heavy atom. The third-order valence-electron chi connectivity index (χ3n) is 4.29. The minimum absolute atomic E-state index is 0.0845. The lowest BCUT2D eigenvalue weighted by atomic mass is 10.2. The lowest BCUT2D eigenvalue weighted by Crippen LogP contribution is -2.27. The van der Waals surface area contributed by atoms with Crippen LogP contribution in [0.3, 0.4) is 0 Å². The summed E-state index contributed by atoms with van der Waals surface area (Å²) in [5, 5.41) is 5.97. The number of carbonyl (C=O) groups is 1. The number of rotatable bonds is 5. The fourth-order valence-electron chi connectivity index (χ4n) is 2.96. The molecule has 0 fully saturated rings. The monoisotopic (exact) mass is 354 g/mol. The molecule has 25 heavy (non-hydrogen) atoms. The fraction of sp³-hybridized carbons (Fsp3) is 0.222. The minimum Gasteiger partial charge on any atom is -0.497 e. The molecular weight excluding hydrogens is 336 g/mol. The molecule has 3 aromatic heterocycles. The van der Waals surface area contributed by atoms with Gasteiger partial charge in [-0.3, -0.25) is 9.20 Å². The summed E-state index contributed by atoms with van der Waals surface area (Å²) in [6, 6.07) is 7.68. The van der Waals surface area contributed by atoms with Crippen molar-refractivity contribution < 1.29 is 9.53 Å². The van der Waals surface area contributed by atoms with Gasteiger partial charge in [0.25, 0.3) is 5.91 Å². The van der Waals surface area contributed by atoms with Crippen LogP contribution in [0, 0.1) is 0 Å². The molecule has 1 amide bonds. The Hall–Kier alpha value is -2.80. The van der Waals surface area contributed by atoms with E-state index in [-0.39, 0.29) is 5.91 Å². The number of ether oxygens (including phenoxy) is 1. The van der Waals surface area contributed by atoms with E-state index in [2.05, 4.69) is 10.3 Å². The van der Waals surface area contributed by atoms with Crippen molar-refractivity contribution in [1.82, 2.24) is 19.3 Å². The molecule has 4 aromatic rings. The average molecular weight is 354 g/mol. The van der Waals surface area contributed by atoms with E-state index in [0.717, 1.165) is 27.3 Å². The Bertz CT molecular complexity index is 1030.